The minimum Gasteiger partial charge on any atom is -0.469 e. The molecule has 2 rings (SSSR count). The number of sulfonamides is 1. The van der Waals surface area contributed by atoms with Crippen molar-refractivity contribution in [1.29, 1.82) is 0 Å². The summed E-state index contributed by atoms with van der Waals surface area (Å²) >= 11 is 5.27. The molecule has 1 fully saturated rings. The highest BCUT2D eigenvalue weighted by Crippen LogP contribution is 2.25. The largest absolute Gasteiger partial charge is 0.469 e. The molecule has 0 aliphatic carbocycles. The fourth-order valence-electron chi connectivity index (χ4n) is 2.85. The molecule has 0 spiro atoms. The first kappa shape index (κ1) is 21.6. The van der Waals surface area contributed by atoms with E-state index in [9.17, 15) is 13.2 Å². The van der Waals surface area contributed by atoms with Gasteiger partial charge in [-0.1, -0.05) is 12.5 Å². The van der Waals surface area contributed by atoms with Crippen LogP contribution in [0.4, 0.5) is 5.69 Å². The van der Waals surface area contributed by atoms with Crippen molar-refractivity contribution in [3.05, 3.63) is 23.8 Å². The fraction of sp³-hybridized carbons (Fsp3) is 0.556. The average Bonchev–Trinajstić information content (AvgIpc) is 2.67. The number of nitrogens with zero attached hydrogens (tertiary/aromatic N) is 1. The summed E-state index contributed by atoms with van der Waals surface area (Å²) < 4.78 is 31.8. The molecule has 1 heterocycles. The lowest BCUT2D eigenvalue weighted by molar-refractivity contribution is -0.140. The molecule has 0 unspecified atom stereocenters. The van der Waals surface area contributed by atoms with Gasteiger partial charge < -0.3 is 15.4 Å². The van der Waals surface area contributed by atoms with E-state index in [0.717, 1.165) is 24.8 Å². The summed E-state index contributed by atoms with van der Waals surface area (Å²) in [4.78, 5) is 11.4. The lowest BCUT2D eigenvalue weighted by Gasteiger charge is -2.26. The van der Waals surface area contributed by atoms with E-state index in [1.165, 1.54) is 7.11 Å². The summed E-state index contributed by atoms with van der Waals surface area (Å²) in [6.07, 6.45) is 3.78. The summed E-state index contributed by atoms with van der Waals surface area (Å²) in [5.41, 5.74) is 1.55. The molecule has 1 aromatic carbocycles. The quantitative estimate of drug-likeness (QED) is 0.403. The van der Waals surface area contributed by atoms with Gasteiger partial charge in [-0.15, -0.1) is 0 Å². The Morgan fingerprint density at radius 1 is 1.26 bits per heavy atom. The molecule has 0 aromatic heterocycles. The van der Waals surface area contributed by atoms with Crippen LogP contribution in [0.2, 0.25) is 0 Å². The van der Waals surface area contributed by atoms with Gasteiger partial charge in [0.25, 0.3) is 0 Å². The van der Waals surface area contributed by atoms with Crippen LogP contribution in [0.25, 0.3) is 0 Å². The highest BCUT2D eigenvalue weighted by molar-refractivity contribution is 7.89. The van der Waals surface area contributed by atoms with Crippen LogP contribution in [0, 0.1) is 6.92 Å². The Morgan fingerprint density at radius 2 is 1.96 bits per heavy atom. The predicted molar refractivity (Wildman–Crippen MR) is 109 cm³/mol. The highest BCUT2D eigenvalue weighted by atomic mass is 32.2. The van der Waals surface area contributed by atoms with Crippen LogP contribution in [0.5, 0.6) is 0 Å². The maximum atomic E-state index is 12.8. The predicted octanol–water partition coefficient (Wildman–Crippen LogP) is 2.41. The van der Waals surface area contributed by atoms with Gasteiger partial charge in [-0.05, 0) is 56.1 Å². The van der Waals surface area contributed by atoms with E-state index in [1.54, 1.807) is 22.5 Å². The summed E-state index contributed by atoms with van der Waals surface area (Å²) in [6, 6.07) is 5.04. The summed E-state index contributed by atoms with van der Waals surface area (Å²) in [5, 5.41) is 6.45. The lowest BCUT2D eigenvalue weighted by Crippen LogP contribution is -2.35. The van der Waals surface area contributed by atoms with E-state index in [0.29, 0.717) is 43.3 Å². The number of anilines is 1. The Balaban J connectivity index is 2.00. The maximum Gasteiger partial charge on any atom is 0.305 e. The summed E-state index contributed by atoms with van der Waals surface area (Å²) in [6.45, 7) is 3.55. The zero-order valence-electron chi connectivity index (χ0n) is 15.8. The number of rotatable bonds is 7. The minimum absolute atomic E-state index is 0.262. The van der Waals surface area contributed by atoms with Gasteiger partial charge in [0, 0.05) is 31.7 Å². The average molecular weight is 414 g/mol. The molecule has 0 atom stereocenters. The highest BCUT2D eigenvalue weighted by Gasteiger charge is 2.26. The molecule has 0 bridgehead atoms. The van der Waals surface area contributed by atoms with Gasteiger partial charge in [0.15, 0.2) is 5.11 Å². The second kappa shape index (κ2) is 10.0. The van der Waals surface area contributed by atoms with Crippen LogP contribution in [0.15, 0.2) is 23.1 Å². The normalized spacial score (nSPS) is 15.2. The number of carbonyl (C=O) groups excluding carboxylic acids is 1. The zero-order valence-corrected chi connectivity index (χ0v) is 17.4. The maximum absolute atomic E-state index is 12.8. The number of piperidine rings is 1. The Hall–Kier alpha value is -1.71. The molecule has 1 aliphatic rings. The first-order valence-corrected chi connectivity index (χ1v) is 10.9. The van der Waals surface area contributed by atoms with Crippen molar-refractivity contribution in [3.63, 3.8) is 0 Å². The molecule has 27 heavy (non-hydrogen) atoms. The van der Waals surface area contributed by atoms with Crippen molar-refractivity contribution < 1.29 is 17.9 Å². The van der Waals surface area contributed by atoms with Crippen molar-refractivity contribution >= 4 is 39.0 Å². The van der Waals surface area contributed by atoms with Crippen LogP contribution in [-0.2, 0) is 19.6 Å². The van der Waals surface area contributed by atoms with Gasteiger partial charge in [-0.25, -0.2) is 8.42 Å². The van der Waals surface area contributed by atoms with Gasteiger partial charge in [0.2, 0.25) is 10.0 Å². The summed E-state index contributed by atoms with van der Waals surface area (Å²) in [7, 11) is -2.14. The Kier molecular flexibility index (Phi) is 8.00. The molecule has 9 heteroatoms. The monoisotopic (exact) mass is 413 g/mol. The molecule has 0 amide bonds. The first-order valence-electron chi connectivity index (χ1n) is 9.07. The molecule has 1 saturated heterocycles. The van der Waals surface area contributed by atoms with Crippen LogP contribution >= 0.6 is 12.2 Å². The van der Waals surface area contributed by atoms with E-state index in [2.05, 4.69) is 15.4 Å². The van der Waals surface area contributed by atoms with Gasteiger partial charge in [-0.2, -0.15) is 4.31 Å². The van der Waals surface area contributed by atoms with Crippen LogP contribution in [0.3, 0.4) is 0 Å². The van der Waals surface area contributed by atoms with Crippen molar-refractivity contribution in [2.45, 2.75) is 43.9 Å². The number of aryl methyl sites for hydroxylation is 1. The Labute approximate surface area is 166 Å². The molecule has 0 radical (unpaired) electrons. The molecule has 7 nitrogen and oxygen atoms in total. The van der Waals surface area contributed by atoms with Gasteiger partial charge in [0.05, 0.1) is 12.0 Å². The van der Waals surface area contributed by atoms with Gasteiger partial charge in [0.1, 0.15) is 0 Å². The van der Waals surface area contributed by atoms with Crippen molar-refractivity contribution in [2.75, 3.05) is 32.1 Å². The number of esters is 1. The third kappa shape index (κ3) is 6.15. The number of hydrogen-bond donors (Lipinski definition) is 2. The number of carbonyl (C=O) groups is 1. The van der Waals surface area contributed by atoms with E-state index in [1.807, 2.05) is 6.92 Å². The van der Waals surface area contributed by atoms with E-state index >= 15 is 0 Å². The van der Waals surface area contributed by atoms with Crippen LogP contribution < -0.4 is 10.6 Å². The molecule has 1 aromatic rings. The lowest BCUT2D eigenvalue weighted by atomic mass is 10.2. The van der Waals surface area contributed by atoms with Gasteiger partial charge in [-0.3, -0.25) is 4.79 Å². The topological polar surface area (TPSA) is 87.7 Å². The first-order chi connectivity index (χ1) is 12.8. The smallest absolute Gasteiger partial charge is 0.305 e. The third-order valence-electron chi connectivity index (χ3n) is 4.48. The number of hydrogen-bond acceptors (Lipinski definition) is 5. The Morgan fingerprint density at radius 3 is 2.63 bits per heavy atom. The number of methoxy groups -OCH3 is 1. The second-order valence-corrected chi connectivity index (χ2v) is 8.85. The minimum atomic E-state index is -3.49. The number of benzene rings is 1. The van der Waals surface area contributed by atoms with E-state index in [4.69, 9.17) is 12.2 Å². The van der Waals surface area contributed by atoms with Crippen molar-refractivity contribution in [2.24, 2.45) is 0 Å². The number of nitrogens with one attached hydrogen (secondary N) is 2. The van der Waals surface area contributed by atoms with Crippen molar-refractivity contribution in [1.82, 2.24) is 9.62 Å². The third-order valence-corrected chi connectivity index (χ3v) is 6.62. The van der Waals surface area contributed by atoms with E-state index in [-0.39, 0.29) is 10.9 Å². The molecule has 2 N–H and O–H groups in total. The SMILES string of the molecule is COC(=O)CCCNC(=S)Nc1cc(S(=O)(=O)N2CCCCC2)ccc1C. The fourth-order valence-corrected chi connectivity index (χ4v) is 4.61. The molecule has 150 valence electrons. The van der Waals surface area contributed by atoms with Gasteiger partial charge >= 0.3 is 5.97 Å². The van der Waals surface area contributed by atoms with E-state index < -0.39 is 10.0 Å². The number of ether oxygens (including phenoxy) is 1. The Bertz CT molecular complexity index is 775. The molecular formula is C18H27N3O4S2. The van der Waals surface area contributed by atoms with Crippen LogP contribution in [-0.4, -0.2) is 50.5 Å². The summed E-state index contributed by atoms with van der Waals surface area (Å²) in [5.74, 6) is -0.262. The number of thiocarbonyl (C=S) groups is 1. The molecule has 1 aliphatic heterocycles. The van der Waals surface area contributed by atoms with Crippen molar-refractivity contribution in [3.8, 4) is 0 Å². The molecular weight excluding hydrogens is 386 g/mol. The second-order valence-electron chi connectivity index (χ2n) is 6.50. The van der Waals surface area contributed by atoms with Crippen LogP contribution in [0.1, 0.15) is 37.7 Å². The standard InChI is InChI=1S/C18H27N3O4S2/c1-14-8-9-15(27(23,24)21-11-4-3-5-12-21)13-16(14)20-18(26)19-10-6-7-17(22)25-2/h8-9,13H,3-7,10-12H2,1-2H3,(H2,19,20,26). The molecule has 0 saturated carbocycles. The zero-order chi connectivity index (χ0) is 19.9.